The molecule has 1 rings (SSSR count). The fraction of sp³-hybridized carbons (Fsp3) is 0.462. The lowest BCUT2D eigenvalue weighted by atomic mass is 10.0. The molecule has 1 aromatic rings. The number of carboxylic acid groups (broad SMARTS) is 1. The van der Waals surface area contributed by atoms with Crippen molar-refractivity contribution in [1.29, 1.82) is 0 Å². The fourth-order valence-electron chi connectivity index (χ4n) is 1.54. The van der Waals surface area contributed by atoms with Gasteiger partial charge in [-0.2, -0.15) is 0 Å². The summed E-state index contributed by atoms with van der Waals surface area (Å²) in [5.41, 5.74) is 0.312. The third-order valence-electron chi connectivity index (χ3n) is 3.09. The Balaban J connectivity index is 2.81. The lowest BCUT2D eigenvalue weighted by molar-refractivity contribution is 0.0692. The average molecular weight is 239 g/mol. The van der Waals surface area contributed by atoms with Gasteiger partial charge in [-0.25, -0.2) is 9.18 Å². The Morgan fingerprint density at radius 1 is 1.47 bits per heavy atom. The first-order valence-corrected chi connectivity index (χ1v) is 5.75. The van der Waals surface area contributed by atoms with Gasteiger partial charge in [0, 0.05) is 11.7 Å². The first-order chi connectivity index (χ1) is 7.95. The van der Waals surface area contributed by atoms with E-state index >= 15 is 0 Å². The maximum atomic E-state index is 13.4. The monoisotopic (exact) mass is 239 g/mol. The topological polar surface area (TPSA) is 49.3 Å². The van der Waals surface area contributed by atoms with Gasteiger partial charge in [0.2, 0.25) is 0 Å². The van der Waals surface area contributed by atoms with Gasteiger partial charge in [-0.1, -0.05) is 20.3 Å². The number of hydrogen-bond donors (Lipinski definition) is 2. The Morgan fingerprint density at radius 3 is 2.59 bits per heavy atom. The van der Waals surface area contributed by atoms with Crippen LogP contribution in [0.2, 0.25) is 0 Å². The minimum Gasteiger partial charge on any atom is -0.478 e. The van der Waals surface area contributed by atoms with Crippen LogP contribution in [-0.2, 0) is 0 Å². The third kappa shape index (κ3) is 3.44. The molecule has 1 aromatic carbocycles. The van der Waals surface area contributed by atoms with E-state index < -0.39 is 11.8 Å². The Bertz CT molecular complexity index is 406. The highest BCUT2D eigenvalue weighted by Crippen LogP contribution is 2.18. The number of aromatic carboxylic acids is 1. The highest BCUT2D eigenvalue weighted by molar-refractivity contribution is 5.88. The zero-order chi connectivity index (χ0) is 13.0. The average Bonchev–Trinajstić information content (AvgIpc) is 2.27. The van der Waals surface area contributed by atoms with Gasteiger partial charge in [0.1, 0.15) is 5.82 Å². The standard InChI is InChI=1S/C13H18FNO2/c1-4-8(2)9(3)15-10-5-6-11(13(16)17)12(14)7-10/h5-9,15H,4H2,1-3H3,(H,16,17). The highest BCUT2D eigenvalue weighted by Gasteiger charge is 2.13. The Hall–Kier alpha value is -1.58. The van der Waals surface area contributed by atoms with E-state index in [0.29, 0.717) is 11.6 Å². The van der Waals surface area contributed by atoms with Gasteiger partial charge in [0.05, 0.1) is 5.56 Å². The highest BCUT2D eigenvalue weighted by atomic mass is 19.1. The van der Waals surface area contributed by atoms with Crippen molar-refractivity contribution in [1.82, 2.24) is 0 Å². The normalized spacial score (nSPS) is 14.1. The van der Waals surface area contributed by atoms with Gasteiger partial charge in [-0.05, 0) is 31.0 Å². The molecular weight excluding hydrogens is 221 g/mol. The number of hydrogen-bond acceptors (Lipinski definition) is 2. The molecule has 0 bridgehead atoms. The second-order valence-electron chi connectivity index (χ2n) is 4.32. The molecule has 0 spiro atoms. The van der Waals surface area contributed by atoms with E-state index in [1.54, 1.807) is 6.07 Å². The minimum atomic E-state index is -1.25. The molecule has 0 radical (unpaired) electrons. The Kier molecular flexibility index (Phi) is 4.49. The van der Waals surface area contributed by atoms with Crippen LogP contribution in [0.5, 0.6) is 0 Å². The van der Waals surface area contributed by atoms with Crippen LogP contribution in [0.4, 0.5) is 10.1 Å². The van der Waals surface area contributed by atoms with Gasteiger partial charge >= 0.3 is 5.97 Å². The zero-order valence-electron chi connectivity index (χ0n) is 10.3. The SMILES string of the molecule is CCC(C)C(C)Nc1ccc(C(=O)O)c(F)c1. The van der Waals surface area contributed by atoms with E-state index in [4.69, 9.17) is 5.11 Å². The molecule has 0 aliphatic carbocycles. The number of benzene rings is 1. The molecule has 2 unspecified atom stereocenters. The van der Waals surface area contributed by atoms with Crippen molar-refractivity contribution < 1.29 is 14.3 Å². The second-order valence-corrected chi connectivity index (χ2v) is 4.32. The number of rotatable bonds is 5. The van der Waals surface area contributed by atoms with E-state index in [1.165, 1.54) is 12.1 Å². The van der Waals surface area contributed by atoms with E-state index in [9.17, 15) is 9.18 Å². The van der Waals surface area contributed by atoms with Crippen molar-refractivity contribution in [2.45, 2.75) is 33.2 Å². The van der Waals surface area contributed by atoms with Crippen LogP contribution in [0.1, 0.15) is 37.6 Å². The third-order valence-corrected chi connectivity index (χ3v) is 3.09. The molecule has 2 N–H and O–H groups in total. The predicted molar refractivity (Wildman–Crippen MR) is 65.9 cm³/mol. The molecule has 0 saturated heterocycles. The summed E-state index contributed by atoms with van der Waals surface area (Å²) < 4.78 is 13.4. The molecule has 94 valence electrons. The summed E-state index contributed by atoms with van der Waals surface area (Å²) in [6.45, 7) is 6.23. The van der Waals surface area contributed by atoms with Crippen molar-refractivity contribution >= 4 is 11.7 Å². The zero-order valence-corrected chi connectivity index (χ0v) is 10.3. The summed E-state index contributed by atoms with van der Waals surface area (Å²) in [5.74, 6) is -1.49. The van der Waals surface area contributed by atoms with Crippen molar-refractivity contribution in [3.63, 3.8) is 0 Å². The van der Waals surface area contributed by atoms with Crippen molar-refractivity contribution in [3.05, 3.63) is 29.6 Å². The second kappa shape index (κ2) is 5.66. The lowest BCUT2D eigenvalue weighted by Gasteiger charge is -2.21. The van der Waals surface area contributed by atoms with Crippen molar-refractivity contribution in [2.75, 3.05) is 5.32 Å². The van der Waals surface area contributed by atoms with Crippen molar-refractivity contribution in [3.8, 4) is 0 Å². The first-order valence-electron chi connectivity index (χ1n) is 5.75. The molecule has 3 nitrogen and oxygen atoms in total. The molecule has 17 heavy (non-hydrogen) atoms. The summed E-state index contributed by atoms with van der Waals surface area (Å²) in [4.78, 5) is 10.6. The molecule has 0 heterocycles. The van der Waals surface area contributed by atoms with Crippen LogP contribution >= 0.6 is 0 Å². The Morgan fingerprint density at radius 2 is 2.12 bits per heavy atom. The van der Waals surface area contributed by atoms with Gasteiger partial charge in [-0.3, -0.25) is 0 Å². The number of halogens is 1. The lowest BCUT2D eigenvalue weighted by Crippen LogP contribution is -2.23. The van der Waals surface area contributed by atoms with E-state index in [2.05, 4.69) is 19.2 Å². The van der Waals surface area contributed by atoms with Crippen LogP contribution in [0.3, 0.4) is 0 Å². The van der Waals surface area contributed by atoms with E-state index in [-0.39, 0.29) is 11.6 Å². The molecule has 0 aromatic heterocycles. The number of anilines is 1. The quantitative estimate of drug-likeness (QED) is 0.828. The molecule has 0 saturated carbocycles. The van der Waals surface area contributed by atoms with Crippen LogP contribution < -0.4 is 5.32 Å². The number of carboxylic acids is 1. The molecule has 0 aliphatic heterocycles. The van der Waals surface area contributed by atoms with Gasteiger partial charge < -0.3 is 10.4 Å². The van der Waals surface area contributed by atoms with Gasteiger partial charge in [0.15, 0.2) is 0 Å². The largest absolute Gasteiger partial charge is 0.478 e. The molecule has 0 aliphatic rings. The van der Waals surface area contributed by atoms with Gasteiger partial charge in [0.25, 0.3) is 0 Å². The number of carbonyl (C=O) groups is 1. The van der Waals surface area contributed by atoms with Crippen LogP contribution in [0.25, 0.3) is 0 Å². The predicted octanol–water partition coefficient (Wildman–Crippen LogP) is 3.37. The summed E-state index contributed by atoms with van der Waals surface area (Å²) in [6, 6.07) is 4.31. The maximum absolute atomic E-state index is 13.4. The summed E-state index contributed by atoms with van der Waals surface area (Å²) in [5, 5.41) is 11.9. The van der Waals surface area contributed by atoms with Crippen molar-refractivity contribution in [2.24, 2.45) is 5.92 Å². The van der Waals surface area contributed by atoms with Crippen LogP contribution in [-0.4, -0.2) is 17.1 Å². The maximum Gasteiger partial charge on any atom is 0.338 e. The minimum absolute atomic E-state index is 0.218. The van der Waals surface area contributed by atoms with Crippen LogP contribution in [0.15, 0.2) is 18.2 Å². The van der Waals surface area contributed by atoms with Crippen LogP contribution in [0, 0.1) is 11.7 Å². The Labute approximate surface area is 101 Å². The summed E-state index contributed by atoms with van der Waals surface area (Å²) in [6.07, 6.45) is 1.03. The molecule has 4 heteroatoms. The van der Waals surface area contributed by atoms with Gasteiger partial charge in [-0.15, -0.1) is 0 Å². The smallest absolute Gasteiger partial charge is 0.338 e. The summed E-state index contributed by atoms with van der Waals surface area (Å²) >= 11 is 0. The van der Waals surface area contributed by atoms with E-state index in [1.807, 2.05) is 6.92 Å². The molecule has 0 amide bonds. The van der Waals surface area contributed by atoms with E-state index in [0.717, 1.165) is 6.42 Å². The molecule has 2 atom stereocenters. The summed E-state index contributed by atoms with van der Waals surface area (Å²) in [7, 11) is 0. The number of nitrogens with one attached hydrogen (secondary N) is 1. The fourth-order valence-corrected chi connectivity index (χ4v) is 1.54. The first kappa shape index (κ1) is 13.5. The molecular formula is C13H18FNO2. The molecule has 0 fully saturated rings.